The van der Waals surface area contributed by atoms with Crippen LogP contribution in [0, 0.1) is 0 Å². The molecule has 0 aliphatic heterocycles. The van der Waals surface area contributed by atoms with Crippen LogP contribution in [-0.2, 0) is 0 Å². The first-order valence-electron chi connectivity index (χ1n) is 4.70. The van der Waals surface area contributed by atoms with E-state index in [0.717, 1.165) is 20.1 Å². The molecule has 1 aromatic carbocycles. The second-order valence-corrected chi connectivity index (χ2v) is 5.52. The molecule has 0 spiro atoms. The number of aromatic nitrogens is 4. The van der Waals surface area contributed by atoms with Gasteiger partial charge in [0.2, 0.25) is 0 Å². The number of rotatable bonds is 2. The van der Waals surface area contributed by atoms with Crippen LogP contribution in [0.5, 0.6) is 0 Å². The SMILES string of the molecule is Clc1nnc(Sc2ncns2)c2ccccc12. The number of hydrogen-bond acceptors (Lipinski definition) is 6. The van der Waals surface area contributed by atoms with Crippen molar-refractivity contribution in [3.63, 3.8) is 0 Å². The van der Waals surface area contributed by atoms with E-state index in [9.17, 15) is 0 Å². The van der Waals surface area contributed by atoms with Crippen molar-refractivity contribution in [3.8, 4) is 0 Å². The van der Waals surface area contributed by atoms with E-state index in [1.165, 1.54) is 29.6 Å². The standard InChI is InChI=1S/C10H5ClN4S2/c11-8-6-3-1-2-4-7(6)9(15-14-8)16-10-12-5-13-17-10/h1-5H. The second-order valence-electron chi connectivity index (χ2n) is 3.15. The number of nitrogens with zero attached hydrogens (tertiary/aromatic N) is 4. The molecule has 0 atom stereocenters. The number of halogens is 1. The van der Waals surface area contributed by atoms with Gasteiger partial charge in [0, 0.05) is 10.8 Å². The molecule has 0 aliphatic rings. The molecule has 0 N–H and O–H groups in total. The maximum atomic E-state index is 6.00. The van der Waals surface area contributed by atoms with Crippen LogP contribution < -0.4 is 0 Å². The van der Waals surface area contributed by atoms with E-state index in [2.05, 4.69) is 19.6 Å². The summed E-state index contributed by atoms with van der Waals surface area (Å²) in [7, 11) is 0. The van der Waals surface area contributed by atoms with Gasteiger partial charge in [-0.05, 0) is 23.3 Å². The van der Waals surface area contributed by atoms with Crippen LogP contribution in [0.1, 0.15) is 0 Å². The quantitative estimate of drug-likeness (QED) is 0.721. The fraction of sp³-hybridized carbons (Fsp3) is 0. The highest BCUT2D eigenvalue weighted by atomic mass is 35.5. The van der Waals surface area contributed by atoms with Gasteiger partial charge < -0.3 is 0 Å². The molecule has 84 valence electrons. The van der Waals surface area contributed by atoms with E-state index >= 15 is 0 Å². The van der Waals surface area contributed by atoms with Crippen LogP contribution in [0.4, 0.5) is 0 Å². The van der Waals surface area contributed by atoms with Gasteiger partial charge in [-0.2, -0.15) is 4.37 Å². The third-order valence-electron chi connectivity index (χ3n) is 2.13. The molecule has 0 saturated heterocycles. The van der Waals surface area contributed by atoms with Crippen LogP contribution >= 0.6 is 34.9 Å². The van der Waals surface area contributed by atoms with Gasteiger partial charge in [-0.15, -0.1) is 10.2 Å². The molecule has 7 heteroatoms. The maximum Gasteiger partial charge on any atom is 0.176 e. The summed E-state index contributed by atoms with van der Waals surface area (Å²) >= 11 is 8.78. The van der Waals surface area contributed by atoms with Crippen molar-refractivity contribution in [2.75, 3.05) is 0 Å². The second kappa shape index (κ2) is 4.56. The van der Waals surface area contributed by atoms with Gasteiger partial charge in [0.1, 0.15) is 11.4 Å². The van der Waals surface area contributed by atoms with Gasteiger partial charge in [0.05, 0.1) is 0 Å². The maximum absolute atomic E-state index is 6.00. The Hall–Kier alpha value is -1.24. The first-order valence-corrected chi connectivity index (χ1v) is 6.67. The third-order valence-corrected chi connectivity index (χ3v) is 4.12. The van der Waals surface area contributed by atoms with Crippen LogP contribution in [0.15, 0.2) is 40.0 Å². The molecule has 0 bridgehead atoms. The average Bonchev–Trinajstić information content (AvgIpc) is 2.86. The lowest BCUT2D eigenvalue weighted by Gasteiger charge is -2.03. The van der Waals surface area contributed by atoms with E-state index in [1.54, 1.807) is 0 Å². The smallest absolute Gasteiger partial charge is 0.176 e. The number of benzene rings is 1. The molecule has 0 unspecified atom stereocenters. The highest BCUT2D eigenvalue weighted by Gasteiger charge is 2.10. The summed E-state index contributed by atoms with van der Waals surface area (Å²) < 4.78 is 4.79. The van der Waals surface area contributed by atoms with Crippen molar-refractivity contribution in [3.05, 3.63) is 35.7 Å². The molecule has 0 aliphatic carbocycles. The molecule has 2 heterocycles. The molecule has 0 radical (unpaired) electrons. The van der Waals surface area contributed by atoms with Crippen molar-refractivity contribution in [1.82, 2.24) is 19.6 Å². The largest absolute Gasteiger partial charge is 0.216 e. The van der Waals surface area contributed by atoms with E-state index in [0.29, 0.717) is 5.15 Å². The molecular weight excluding hydrogens is 276 g/mol. The van der Waals surface area contributed by atoms with Gasteiger partial charge in [-0.3, -0.25) is 0 Å². The Balaban J connectivity index is 2.14. The van der Waals surface area contributed by atoms with Crippen molar-refractivity contribution in [2.45, 2.75) is 9.37 Å². The minimum absolute atomic E-state index is 0.419. The van der Waals surface area contributed by atoms with E-state index in [-0.39, 0.29) is 0 Å². The van der Waals surface area contributed by atoms with Crippen molar-refractivity contribution < 1.29 is 0 Å². The Morgan fingerprint density at radius 1 is 1.12 bits per heavy atom. The van der Waals surface area contributed by atoms with Gasteiger partial charge in [-0.25, -0.2) is 4.98 Å². The zero-order valence-electron chi connectivity index (χ0n) is 8.37. The lowest BCUT2D eigenvalue weighted by Crippen LogP contribution is -1.89. The topological polar surface area (TPSA) is 51.6 Å². The molecule has 17 heavy (non-hydrogen) atoms. The Morgan fingerprint density at radius 2 is 1.94 bits per heavy atom. The highest BCUT2D eigenvalue weighted by Crippen LogP contribution is 2.33. The fourth-order valence-corrected chi connectivity index (χ4v) is 3.04. The highest BCUT2D eigenvalue weighted by molar-refractivity contribution is 8.01. The number of hydrogen-bond donors (Lipinski definition) is 0. The van der Waals surface area contributed by atoms with Crippen molar-refractivity contribution in [2.24, 2.45) is 0 Å². The van der Waals surface area contributed by atoms with Gasteiger partial charge in [-0.1, -0.05) is 35.9 Å². The van der Waals surface area contributed by atoms with Gasteiger partial charge >= 0.3 is 0 Å². The minimum Gasteiger partial charge on any atom is -0.216 e. The monoisotopic (exact) mass is 280 g/mol. The minimum atomic E-state index is 0.419. The summed E-state index contributed by atoms with van der Waals surface area (Å²) in [5.41, 5.74) is 0. The summed E-state index contributed by atoms with van der Waals surface area (Å²) in [5.74, 6) is 0. The molecule has 4 nitrogen and oxygen atoms in total. The van der Waals surface area contributed by atoms with Gasteiger partial charge in [0.25, 0.3) is 0 Å². The Kier molecular flexibility index (Phi) is 2.92. The summed E-state index contributed by atoms with van der Waals surface area (Å²) in [4.78, 5) is 4.11. The van der Waals surface area contributed by atoms with Crippen LogP contribution in [-0.4, -0.2) is 19.6 Å². The molecule has 0 amide bonds. The van der Waals surface area contributed by atoms with Crippen LogP contribution in [0.25, 0.3) is 10.8 Å². The zero-order valence-corrected chi connectivity index (χ0v) is 10.8. The lowest BCUT2D eigenvalue weighted by molar-refractivity contribution is 0.955. The summed E-state index contributed by atoms with van der Waals surface area (Å²) in [6.45, 7) is 0. The first kappa shape index (κ1) is 10.9. The molecular formula is C10H5ClN4S2. The average molecular weight is 281 g/mol. The first-order chi connectivity index (χ1) is 8.34. The van der Waals surface area contributed by atoms with E-state index < -0.39 is 0 Å². The van der Waals surface area contributed by atoms with E-state index in [4.69, 9.17) is 11.6 Å². The molecule has 2 aromatic heterocycles. The summed E-state index contributed by atoms with van der Waals surface area (Å²) in [6.07, 6.45) is 1.53. The Labute approximate surface area is 110 Å². The van der Waals surface area contributed by atoms with Crippen LogP contribution in [0.2, 0.25) is 5.15 Å². The predicted octanol–water partition coefficient (Wildman–Crippen LogP) is 3.29. The van der Waals surface area contributed by atoms with Gasteiger partial charge in [0.15, 0.2) is 9.49 Å². The lowest BCUT2D eigenvalue weighted by atomic mass is 10.2. The number of fused-ring (bicyclic) bond motifs is 1. The Bertz CT molecular complexity index is 656. The van der Waals surface area contributed by atoms with E-state index in [1.807, 2.05) is 24.3 Å². The van der Waals surface area contributed by atoms with Crippen molar-refractivity contribution >= 4 is 45.7 Å². The normalized spacial score (nSPS) is 10.9. The Morgan fingerprint density at radius 3 is 2.71 bits per heavy atom. The zero-order chi connectivity index (χ0) is 11.7. The third kappa shape index (κ3) is 2.11. The molecule has 0 saturated carbocycles. The fourth-order valence-electron chi connectivity index (χ4n) is 1.41. The summed E-state index contributed by atoms with van der Waals surface area (Å²) in [6, 6.07) is 7.77. The molecule has 3 aromatic rings. The summed E-state index contributed by atoms with van der Waals surface area (Å²) in [5, 5.41) is 11.1. The molecule has 0 fully saturated rings. The molecule has 3 rings (SSSR count). The van der Waals surface area contributed by atoms with Crippen LogP contribution in [0.3, 0.4) is 0 Å². The predicted molar refractivity (Wildman–Crippen MR) is 68.6 cm³/mol. The van der Waals surface area contributed by atoms with Crippen molar-refractivity contribution in [1.29, 1.82) is 0 Å².